The van der Waals surface area contributed by atoms with Gasteiger partial charge in [0.1, 0.15) is 0 Å². The van der Waals surface area contributed by atoms with Crippen LogP contribution < -0.4 is 5.32 Å². The van der Waals surface area contributed by atoms with E-state index in [1.165, 1.54) is 19.3 Å². The zero-order valence-electron chi connectivity index (χ0n) is 11.5. The van der Waals surface area contributed by atoms with Crippen molar-refractivity contribution < 1.29 is 4.52 Å². The fraction of sp³-hybridized carbons (Fsp3) is 0.467. The lowest BCUT2D eigenvalue weighted by molar-refractivity contribution is 0.402. The van der Waals surface area contributed by atoms with Crippen LogP contribution in [0.2, 0.25) is 5.02 Å². The Morgan fingerprint density at radius 2 is 2.20 bits per heavy atom. The maximum absolute atomic E-state index is 6.04. The van der Waals surface area contributed by atoms with Gasteiger partial charge in [-0.1, -0.05) is 35.7 Å². The van der Waals surface area contributed by atoms with Gasteiger partial charge in [0.2, 0.25) is 0 Å². The molecule has 2 aromatic rings. The van der Waals surface area contributed by atoms with Gasteiger partial charge < -0.3 is 9.84 Å². The number of nitrogens with one attached hydrogen (secondary N) is 1. The molecule has 4 nitrogen and oxygen atoms in total. The average molecular weight is 292 g/mol. The topological polar surface area (TPSA) is 51.0 Å². The molecule has 0 aliphatic carbocycles. The van der Waals surface area contributed by atoms with E-state index in [1.807, 2.05) is 25.1 Å². The number of hydrogen-bond acceptors (Lipinski definition) is 4. The lowest BCUT2D eigenvalue weighted by Gasteiger charge is -2.10. The fourth-order valence-corrected chi connectivity index (χ4v) is 2.73. The molecule has 2 heterocycles. The number of halogens is 1. The van der Waals surface area contributed by atoms with Crippen molar-refractivity contribution in [3.05, 3.63) is 34.6 Å². The molecule has 0 saturated carbocycles. The quantitative estimate of drug-likeness (QED) is 0.911. The molecule has 0 radical (unpaired) electrons. The molecule has 20 heavy (non-hydrogen) atoms. The lowest BCUT2D eigenvalue weighted by Crippen LogP contribution is -2.21. The van der Waals surface area contributed by atoms with Crippen molar-refractivity contribution in [1.82, 2.24) is 15.5 Å². The highest BCUT2D eigenvalue weighted by atomic mass is 35.5. The van der Waals surface area contributed by atoms with Crippen molar-refractivity contribution in [3.63, 3.8) is 0 Å². The van der Waals surface area contributed by atoms with E-state index in [2.05, 4.69) is 15.5 Å². The van der Waals surface area contributed by atoms with E-state index in [9.17, 15) is 0 Å². The summed E-state index contributed by atoms with van der Waals surface area (Å²) >= 11 is 6.04. The zero-order chi connectivity index (χ0) is 13.9. The molecule has 0 spiro atoms. The normalized spacial score (nSPS) is 19.8. The van der Waals surface area contributed by atoms with Crippen LogP contribution in [0.5, 0.6) is 0 Å². The van der Waals surface area contributed by atoms with E-state index in [0.29, 0.717) is 10.9 Å². The first-order valence-electron chi connectivity index (χ1n) is 7.07. The average Bonchev–Trinajstić information content (AvgIpc) is 2.77. The first kappa shape index (κ1) is 13.6. The molecule has 1 unspecified atom stereocenters. The number of rotatable bonds is 2. The van der Waals surface area contributed by atoms with Crippen LogP contribution >= 0.6 is 11.6 Å². The SMILES string of the molecule is Cc1ccc(Cl)cc1-c1nc(C2CCCCCN2)no1. The second-order valence-corrected chi connectivity index (χ2v) is 5.71. The van der Waals surface area contributed by atoms with Gasteiger partial charge in [-0.25, -0.2) is 0 Å². The Morgan fingerprint density at radius 3 is 3.10 bits per heavy atom. The summed E-state index contributed by atoms with van der Waals surface area (Å²) in [5.74, 6) is 1.30. The van der Waals surface area contributed by atoms with E-state index >= 15 is 0 Å². The van der Waals surface area contributed by atoms with Crippen LogP contribution in [0.1, 0.15) is 43.1 Å². The molecule has 1 aliphatic heterocycles. The number of benzene rings is 1. The molecular weight excluding hydrogens is 274 g/mol. The van der Waals surface area contributed by atoms with Crippen LogP contribution in [0.3, 0.4) is 0 Å². The van der Waals surface area contributed by atoms with E-state index < -0.39 is 0 Å². The van der Waals surface area contributed by atoms with Crippen LogP contribution in [0.15, 0.2) is 22.7 Å². The summed E-state index contributed by atoms with van der Waals surface area (Å²) in [7, 11) is 0. The molecule has 1 aromatic carbocycles. The zero-order valence-corrected chi connectivity index (χ0v) is 12.3. The van der Waals surface area contributed by atoms with Crippen LogP contribution in [0.4, 0.5) is 0 Å². The molecule has 1 saturated heterocycles. The van der Waals surface area contributed by atoms with Crippen molar-refractivity contribution in [1.29, 1.82) is 0 Å². The Balaban J connectivity index is 1.87. The maximum Gasteiger partial charge on any atom is 0.258 e. The highest BCUT2D eigenvalue weighted by Crippen LogP contribution is 2.27. The van der Waals surface area contributed by atoms with Gasteiger partial charge in [0.15, 0.2) is 5.82 Å². The minimum absolute atomic E-state index is 0.203. The number of nitrogens with zero attached hydrogens (tertiary/aromatic N) is 2. The van der Waals surface area contributed by atoms with Crippen LogP contribution in [0.25, 0.3) is 11.5 Å². The summed E-state index contributed by atoms with van der Waals surface area (Å²) in [6.45, 7) is 3.03. The number of aryl methyl sites for hydroxylation is 1. The molecule has 1 fully saturated rings. The third-order valence-electron chi connectivity index (χ3n) is 3.74. The Bertz CT molecular complexity index is 589. The smallest absolute Gasteiger partial charge is 0.258 e. The minimum Gasteiger partial charge on any atom is -0.334 e. The largest absolute Gasteiger partial charge is 0.334 e. The monoisotopic (exact) mass is 291 g/mol. The van der Waals surface area contributed by atoms with Crippen molar-refractivity contribution in [2.24, 2.45) is 0 Å². The van der Waals surface area contributed by atoms with Gasteiger partial charge in [-0.3, -0.25) is 0 Å². The van der Waals surface area contributed by atoms with Gasteiger partial charge >= 0.3 is 0 Å². The van der Waals surface area contributed by atoms with E-state index in [-0.39, 0.29) is 6.04 Å². The second-order valence-electron chi connectivity index (χ2n) is 5.27. The summed E-state index contributed by atoms with van der Waals surface area (Å²) in [5.41, 5.74) is 1.99. The Kier molecular flexibility index (Phi) is 4.03. The van der Waals surface area contributed by atoms with Gasteiger partial charge in [-0.15, -0.1) is 0 Å². The van der Waals surface area contributed by atoms with Gasteiger partial charge in [0, 0.05) is 10.6 Å². The highest BCUT2D eigenvalue weighted by Gasteiger charge is 2.20. The van der Waals surface area contributed by atoms with Crippen molar-refractivity contribution in [3.8, 4) is 11.5 Å². The van der Waals surface area contributed by atoms with Crippen LogP contribution in [-0.4, -0.2) is 16.7 Å². The van der Waals surface area contributed by atoms with E-state index in [0.717, 1.165) is 29.9 Å². The maximum atomic E-state index is 6.04. The fourth-order valence-electron chi connectivity index (χ4n) is 2.56. The highest BCUT2D eigenvalue weighted by molar-refractivity contribution is 6.30. The Hall–Kier alpha value is -1.39. The van der Waals surface area contributed by atoms with Gasteiger partial charge in [0.05, 0.1) is 6.04 Å². The second kappa shape index (κ2) is 5.94. The van der Waals surface area contributed by atoms with Gasteiger partial charge in [-0.05, 0) is 44.0 Å². The molecule has 0 amide bonds. The van der Waals surface area contributed by atoms with Gasteiger partial charge in [0.25, 0.3) is 5.89 Å². The van der Waals surface area contributed by atoms with Crippen LogP contribution in [-0.2, 0) is 0 Å². The predicted molar refractivity (Wildman–Crippen MR) is 78.7 cm³/mol. The summed E-state index contributed by atoms with van der Waals surface area (Å²) in [6, 6.07) is 5.90. The molecule has 3 rings (SSSR count). The van der Waals surface area contributed by atoms with E-state index in [4.69, 9.17) is 16.1 Å². The first-order chi connectivity index (χ1) is 9.74. The number of hydrogen-bond donors (Lipinski definition) is 1. The number of aromatic nitrogens is 2. The third kappa shape index (κ3) is 2.86. The molecule has 106 valence electrons. The third-order valence-corrected chi connectivity index (χ3v) is 3.98. The molecule has 1 aromatic heterocycles. The molecular formula is C15H18ClN3O. The Labute approximate surface area is 123 Å². The summed E-state index contributed by atoms with van der Waals surface area (Å²) in [6.07, 6.45) is 4.75. The molecule has 1 aliphatic rings. The summed E-state index contributed by atoms with van der Waals surface area (Å²) < 4.78 is 5.42. The Morgan fingerprint density at radius 1 is 1.30 bits per heavy atom. The van der Waals surface area contributed by atoms with E-state index in [1.54, 1.807) is 0 Å². The molecule has 5 heteroatoms. The van der Waals surface area contributed by atoms with Gasteiger partial charge in [-0.2, -0.15) is 4.98 Å². The summed E-state index contributed by atoms with van der Waals surface area (Å²) in [5, 5.41) is 8.29. The molecule has 1 N–H and O–H groups in total. The minimum atomic E-state index is 0.203. The van der Waals surface area contributed by atoms with Crippen molar-refractivity contribution >= 4 is 11.6 Å². The standard InChI is InChI=1S/C15H18ClN3O/c1-10-6-7-11(16)9-12(10)15-18-14(19-20-15)13-5-3-2-4-8-17-13/h6-7,9,13,17H,2-5,8H2,1H3. The first-order valence-corrected chi connectivity index (χ1v) is 7.45. The van der Waals surface area contributed by atoms with Crippen LogP contribution in [0, 0.1) is 6.92 Å². The molecule has 1 atom stereocenters. The van der Waals surface area contributed by atoms with Crippen molar-refractivity contribution in [2.75, 3.05) is 6.54 Å². The molecule has 0 bridgehead atoms. The summed E-state index contributed by atoms with van der Waals surface area (Å²) in [4.78, 5) is 4.55. The predicted octanol–water partition coefficient (Wildman–Crippen LogP) is 3.90. The lowest BCUT2D eigenvalue weighted by atomic mass is 10.1. The van der Waals surface area contributed by atoms with Crippen molar-refractivity contribution in [2.45, 2.75) is 38.6 Å².